The summed E-state index contributed by atoms with van der Waals surface area (Å²) in [6, 6.07) is 7.34. The number of piperidine rings is 1. The molecule has 1 aromatic heterocycles. The normalized spacial score (nSPS) is 21.4. The van der Waals surface area contributed by atoms with Gasteiger partial charge in [-0.25, -0.2) is 0 Å². The second kappa shape index (κ2) is 5.79. The van der Waals surface area contributed by atoms with Crippen molar-refractivity contribution in [2.24, 2.45) is 11.3 Å². The minimum atomic E-state index is -0.121. The van der Waals surface area contributed by atoms with Crippen LogP contribution in [0.25, 0.3) is 11.0 Å². The molecule has 2 heterocycles. The number of carbonyl (C=O) groups is 2. The molecule has 1 aliphatic carbocycles. The minimum Gasteiger partial charge on any atom is -0.493 e. The van der Waals surface area contributed by atoms with Crippen molar-refractivity contribution >= 4 is 22.8 Å². The number of benzene rings is 1. The molecule has 25 heavy (non-hydrogen) atoms. The van der Waals surface area contributed by atoms with Crippen molar-refractivity contribution in [2.45, 2.75) is 19.3 Å². The summed E-state index contributed by atoms with van der Waals surface area (Å²) in [5.74, 6) is 0.724. The van der Waals surface area contributed by atoms with Crippen molar-refractivity contribution in [1.29, 1.82) is 0 Å². The molecule has 132 valence electrons. The molecular formula is C19H21NO5. The SMILES string of the molecule is COC(=O)[C@@H]1CC12CCN(C(=O)c1cc3cccc(OC)c3o1)CC2. The zero-order chi connectivity index (χ0) is 17.6. The summed E-state index contributed by atoms with van der Waals surface area (Å²) in [5, 5.41) is 0.851. The Morgan fingerprint density at radius 3 is 2.68 bits per heavy atom. The average molecular weight is 343 g/mol. The maximum absolute atomic E-state index is 12.8. The van der Waals surface area contributed by atoms with Gasteiger partial charge in [0.15, 0.2) is 17.1 Å². The maximum Gasteiger partial charge on any atom is 0.309 e. The lowest BCUT2D eigenvalue weighted by Gasteiger charge is -2.32. The number of para-hydroxylation sites is 1. The number of methoxy groups -OCH3 is 2. The molecule has 1 amide bonds. The third-order valence-electron chi connectivity index (χ3n) is 5.66. The van der Waals surface area contributed by atoms with Gasteiger partial charge in [0.2, 0.25) is 0 Å². The molecule has 0 bridgehead atoms. The van der Waals surface area contributed by atoms with E-state index in [1.165, 1.54) is 7.11 Å². The Morgan fingerprint density at radius 2 is 2.00 bits per heavy atom. The van der Waals surface area contributed by atoms with Gasteiger partial charge in [-0.2, -0.15) is 0 Å². The van der Waals surface area contributed by atoms with Gasteiger partial charge >= 0.3 is 5.97 Å². The van der Waals surface area contributed by atoms with Crippen LogP contribution in [0.1, 0.15) is 29.8 Å². The van der Waals surface area contributed by atoms with E-state index in [1.807, 2.05) is 23.1 Å². The van der Waals surface area contributed by atoms with Crippen LogP contribution in [0.3, 0.4) is 0 Å². The van der Waals surface area contributed by atoms with Crippen molar-refractivity contribution in [3.05, 3.63) is 30.0 Å². The predicted molar refractivity (Wildman–Crippen MR) is 90.5 cm³/mol. The average Bonchev–Trinajstić information content (AvgIpc) is 3.15. The number of nitrogens with zero attached hydrogens (tertiary/aromatic N) is 1. The van der Waals surface area contributed by atoms with E-state index in [0.717, 1.165) is 24.6 Å². The number of esters is 1. The molecule has 1 saturated heterocycles. The first-order valence-corrected chi connectivity index (χ1v) is 8.51. The van der Waals surface area contributed by atoms with Gasteiger partial charge in [-0.05, 0) is 36.8 Å². The standard InChI is InChI=1S/C19H21NO5/c1-23-14-5-3-4-12-10-15(25-16(12)14)17(21)20-8-6-19(7-9-20)11-13(19)18(22)24-2/h3-5,10,13H,6-9,11H2,1-2H3/t13-/m0/s1. The Bertz CT molecular complexity index is 831. The number of rotatable bonds is 3. The van der Waals surface area contributed by atoms with E-state index < -0.39 is 0 Å². The number of likely N-dealkylation sites (tertiary alicyclic amines) is 1. The fraction of sp³-hybridized carbons (Fsp3) is 0.474. The minimum absolute atomic E-state index is 0.00483. The highest BCUT2D eigenvalue weighted by atomic mass is 16.5. The fourth-order valence-electron chi connectivity index (χ4n) is 3.99. The highest BCUT2D eigenvalue weighted by molar-refractivity contribution is 5.97. The molecular weight excluding hydrogens is 322 g/mol. The van der Waals surface area contributed by atoms with Gasteiger partial charge < -0.3 is 18.8 Å². The third kappa shape index (κ3) is 2.56. The molecule has 0 N–H and O–H groups in total. The van der Waals surface area contributed by atoms with Gasteiger partial charge in [0.05, 0.1) is 20.1 Å². The Kier molecular flexibility index (Phi) is 3.71. The summed E-state index contributed by atoms with van der Waals surface area (Å²) < 4.78 is 15.9. The van der Waals surface area contributed by atoms with Gasteiger partial charge in [0.1, 0.15) is 0 Å². The molecule has 6 nitrogen and oxygen atoms in total. The van der Waals surface area contributed by atoms with Crippen LogP contribution in [0.15, 0.2) is 28.7 Å². The first-order chi connectivity index (χ1) is 12.1. The van der Waals surface area contributed by atoms with Gasteiger partial charge in [0, 0.05) is 18.5 Å². The monoisotopic (exact) mass is 343 g/mol. The number of amides is 1. The van der Waals surface area contributed by atoms with Gasteiger partial charge in [-0.3, -0.25) is 9.59 Å². The zero-order valence-corrected chi connectivity index (χ0v) is 14.4. The lowest BCUT2D eigenvalue weighted by Crippen LogP contribution is -2.39. The summed E-state index contributed by atoms with van der Waals surface area (Å²) >= 11 is 0. The number of hydrogen-bond donors (Lipinski definition) is 0. The number of carbonyl (C=O) groups excluding carboxylic acids is 2. The van der Waals surface area contributed by atoms with Gasteiger partial charge in [0.25, 0.3) is 5.91 Å². The maximum atomic E-state index is 12.8. The Balaban J connectivity index is 1.47. The van der Waals surface area contributed by atoms with Crippen LogP contribution in [0.4, 0.5) is 0 Å². The molecule has 1 aliphatic heterocycles. The van der Waals surface area contributed by atoms with E-state index in [0.29, 0.717) is 30.2 Å². The van der Waals surface area contributed by atoms with Crippen LogP contribution < -0.4 is 4.74 Å². The first kappa shape index (κ1) is 16.0. The second-order valence-corrected chi connectivity index (χ2v) is 6.92. The van der Waals surface area contributed by atoms with Crippen LogP contribution in [-0.4, -0.2) is 44.1 Å². The highest BCUT2D eigenvalue weighted by Crippen LogP contribution is 2.59. The molecule has 0 radical (unpaired) electrons. The van der Waals surface area contributed by atoms with Crippen molar-refractivity contribution in [3.8, 4) is 5.75 Å². The number of ether oxygens (including phenoxy) is 2. The van der Waals surface area contributed by atoms with E-state index in [4.69, 9.17) is 13.9 Å². The predicted octanol–water partition coefficient (Wildman–Crippen LogP) is 2.86. The smallest absolute Gasteiger partial charge is 0.309 e. The molecule has 2 fully saturated rings. The van der Waals surface area contributed by atoms with Crippen LogP contribution in [0.5, 0.6) is 5.75 Å². The summed E-state index contributed by atoms with van der Waals surface area (Å²) in [5.41, 5.74) is 0.635. The molecule has 4 rings (SSSR count). The van der Waals surface area contributed by atoms with Crippen molar-refractivity contribution in [3.63, 3.8) is 0 Å². The van der Waals surface area contributed by atoms with Gasteiger partial charge in [-0.1, -0.05) is 12.1 Å². The lowest BCUT2D eigenvalue weighted by atomic mass is 9.90. The highest BCUT2D eigenvalue weighted by Gasteiger charge is 2.59. The van der Waals surface area contributed by atoms with Crippen LogP contribution in [0, 0.1) is 11.3 Å². The zero-order valence-electron chi connectivity index (χ0n) is 14.4. The largest absolute Gasteiger partial charge is 0.493 e. The number of hydrogen-bond acceptors (Lipinski definition) is 5. The molecule has 2 aliphatic rings. The first-order valence-electron chi connectivity index (χ1n) is 8.51. The van der Waals surface area contributed by atoms with E-state index in [2.05, 4.69) is 0 Å². The molecule has 6 heteroatoms. The van der Waals surface area contributed by atoms with E-state index >= 15 is 0 Å². The summed E-state index contributed by atoms with van der Waals surface area (Å²) in [7, 11) is 3.01. The Morgan fingerprint density at radius 1 is 1.24 bits per heavy atom. The summed E-state index contributed by atoms with van der Waals surface area (Å²) in [4.78, 5) is 26.3. The Hall–Kier alpha value is -2.50. The molecule has 1 spiro atoms. The molecule has 0 unspecified atom stereocenters. The quantitative estimate of drug-likeness (QED) is 0.802. The van der Waals surface area contributed by atoms with Gasteiger partial charge in [-0.15, -0.1) is 0 Å². The fourth-order valence-corrected chi connectivity index (χ4v) is 3.99. The number of furan rings is 1. The van der Waals surface area contributed by atoms with E-state index in [-0.39, 0.29) is 23.2 Å². The topological polar surface area (TPSA) is 69.0 Å². The lowest BCUT2D eigenvalue weighted by molar-refractivity contribution is -0.143. The molecule has 1 saturated carbocycles. The second-order valence-electron chi connectivity index (χ2n) is 6.92. The van der Waals surface area contributed by atoms with E-state index in [9.17, 15) is 9.59 Å². The Labute approximate surface area is 145 Å². The summed E-state index contributed by atoms with van der Waals surface area (Å²) in [6.45, 7) is 1.28. The molecule has 2 aromatic rings. The van der Waals surface area contributed by atoms with Crippen molar-refractivity contribution in [2.75, 3.05) is 27.3 Å². The third-order valence-corrected chi connectivity index (χ3v) is 5.66. The van der Waals surface area contributed by atoms with Crippen molar-refractivity contribution in [1.82, 2.24) is 4.90 Å². The van der Waals surface area contributed by atoms with Crippen LogP contribution in [0.2, 0.25) is 0 Å². The molecule has 1 atom stereocenters. The number of fused-ring (bicyclic) bond motifs is 1. The van der Waals surface area contributed by atoms with Crippen molar-refractivity contribution < 1.29 is 23.5 Å². The van der Waals surface area contributed by atoms with Crippen LogP contribution >= 0.6 is 0 Å². The van der Waals surface area contributed by atoms with Crippen LogP contribution in [-0.2, 0) is 9.53 Å². The summed E-state index contributed by atoms with van der Waals surface area (Å²) in [6.07, 6.45) is 2.55. The molecule has 1 aromatic carbocycles. The van der Waals surface area contributed by atoms with E-state index in [1.54, 1.807) is 13.2 Å².